The number of halogens is 1. The van der Waals surface area contributed by atoms with Gasteiger partial charge < -0.3 is 10.5 Å². The quantitative estimate of drug-likeness (QED) is 0.913. The average molecular weight is 297 g/mol. The van der Waals surface area contributed by atoms with Crippen LogP contribution in [0.3, 0.4) is 0 Å². The number of nitrogens with zero attached hydrogens (tertiary/aromatic N) is 1. The largest absolute Gasteiger partial charge is 0.488 e. The van der Waals surface area contributed by atoms with Gasteiger partial charge in [-0.1, -0.05) is 12.8 Å². The molecule has 3 rings (SSSR count). The van der Waals surface area contributed by atoms with E-state index in [-0.39, 0.29) is 11.5 Å². The predicted molar refractivity (Wildman–Crippen MR) is 69.8 cm³/mol. The van der Waals surface area contributed by atoms with Crippen LogP contribution in [0, 0.1) is 5.41 Å². The van der Waals surface area contributed by atoms with Crippen LogP contribution in [0.15, 0.2) is 22.9 Å². The normalized spacial score (nSPS) is 30.2. The van der Waals surface area contributed by atoms with Crippen molar-refractivity contribution < 1.29 is 4.74 Å². The number of pyridine rings is 1. The first-order valence-corrected chi connectivity index (χ1v) is 7.03. The third kappa shape index (κ3) is 1.87. The smallest absolute Gasteiger partial charge is 0.139 e. The Morgan fingerprint density at radius 2 is 2.12 bits per heavy atom. The van der Waals surface area contributed by atoms with Crippen LogP contribution in [0.1, 0.15) is 32.1 Å². The summed E-state index contributed by atoms with van der Waals surface area (Å²) in [5.41, 5.74) is 6.44. The van der Waals surface area contributed by atoms with E-state index in [4.69, 9.17) is 10.5 Å². The zero-order valence-electron chi connectivity index (χ0n) is 9.73. The topological polar surface area (TPSA) is 48.1 Å². The molecule has 1 aromatic rings. The van der Waals surface area contributed by atoms with Crippen LogP contribution in [-0.2, 0) is 0 Å². The van der Waals surface area contributed by atoms with Gasteiger partial charge in [0.15, 0.2) is 0 Å². The Labute approximate surface area is 110 Å². The van der Waals surface area contributed by atoms with Crippen molar-refractivity contribution in [2.45, 2.75) is 44.2 Å². The van der Waals surface area contributed by atoms with E-state index in [0.717, 1.165) is 16.6 Å². The molecule has 0 aliphatic heterocycles. The lowest BCUT2D eigenvalue weighted by atomic mass is 9.61. The van der Waals surface area contributed by atoms with E-state index in [1.54, 1.807) is 12.4 Å². The number of ether oxygens (including phenoxy) is 1. The minimum atomic E-state index is 0.252. The molecule has 0 bridgehead atoms. The Kier molecular flexibility index (Phi) is 2.87. The van der Waals surface area contributed by atoms with Gasteiger partial charge >= 0.3 is 0 Å². The second kappa shape index (κ2) is 4.25. The van der Waals surface area contributed by atoms with Crippen LogP contribution in [-0.4, -0.2) is 17.1 Å². The minimum absolute atomic E-state index is 0.252. The van der Waals surface area contributed by atoms with Crippen molar-refractivity contribution in [3.63, 3.8) is 0 Å². The Bertz CT molecular complexity index is 418. The number of hydrogen-bond acceptors (Lipinski definition) is 3. The molecule has 0 radical (unpaired) electrons. The first-order valence-electron chi connectivity index (χ1n) is 6.23. The van der Waals surface area contributed by atoms with E-state index in [9.17, 15) is 0 Å². The number of aromatic nitrogens is 1. The molecule has 92 valence electrons. The molecule has 2 saturated carbocycles. The van der Waals surface area contributed by atoms with E-state index in [1.165, 1.54) is 25.7 Å². The summed E-state index contributed by atoms with van der Waals surface area (Å²) in [6.45, 7) is 0. The first kappa shape index (κ1) is 11.5. The molecule has 0 saturated heterocycles. The van der Waals surface area contributed by atoms with Gasteiger partial charge in [-0.3, -0.25) is 4.98 Å². The molecule has 1 heterocycles. The molecule has 2 unspecified atom stereocenters. The van der Waals surface area contributed by atoms with Gasteiger partial charge in [-0.2, -0.15) is 0 Å². The van der Waals surface area contributed by atoms with Gasteiger partial charge in [0.2, 0.25) is 0 Å². The van der Waals surface area contributed by atoms with E-state index in [1.807, 2.05) is 6.07 Å². The molecule has 2 atom stereocenters. The summed E-state index contributed by atoms with van der Waals surface area (Å²) in [5, 5.41) is 0. The Morgan fingerprint density at radius 1 is 1.35 bits per heavy atom. The van der Waals surface area contributed by atoms with Crippen LogP contribution < -0.4 is 10.5 Å². The summed E-state index contributed by atoms with van der Waals surface area (Å²) in [7, 11) is 0. The molecule has 0 amide bonds. The summed E-state index contributed by atoms with van der Waals surface area (Å²) in [6.07, 6.45) is 9.85. The van der Waals surface area contributed by atoms with Crippen LogP contribution in [0.5, 0.6) is 5.75 Å². The molecular formula is C13H17BrN2O. The Morgan fingerprint density at radius 3 is 2.76 bits per heavy atom. The van der Waals surface area contributed by atoms with Crippen molar-refractivity contribution >= 4 is 15.9 Å². The van der Waals surface area contributed by atoms with Gasteiger partial charge in [-0.15, -0.1) is 0 Å². The summed E-state index contributed by atoms with van der Waals surface area (Å²) in [6, 6.07) is 2.30. The summed E-state index contributed by atoms with van der Waals surface area (Å²) in [5.74, 6) is 0.850. The lowest BCUT2D eigenvalue weighted by Gasteiger charge is -2.52. The van der Waals surface area contributed by atoms with Crippen molar-refractivity contribution in [1.82, 2.24) is 4.98 Å². The van der Waals surface area contributed by atoms with Crippen LogP contribution in [0.25, 0.3) is 0 Å². The van der Waals surface area contributed by atoms with Gasteiger partial charge in [0, 0.05) is 28.5 Å². The van der Waals surface area contributed by atoms with E-state index < -0.39 is 0 Å². The molecule has 1 aromatic heterocycles. The fraction of sp³-hybridized carbons (Fsp3) is 0.615. The number of rotatable bonds is 2. The van der Waals surface area contributed by atoms with Crippen molar-refractivity contribution in [2.75, 3.05) is 0 Å². The summed E-state index contributed by atoms with van der Waals surface area (Å²) < 4.78 is 7.02. The second-order valence-electron chi connectivity index (χ2n) is 5.23. The van der Waals surface area contributed by atoms with Gasteiger partial charge in [0.1, 0.15) is 11.9 Å². The fourth-order valence-electron chi connectivity index (χ4n) is 3.29. The molecule has 17 heavy (non-hydrogen) atoms. The molecule has 4 heteroatoms. The van der Waals surface area contributed by atoms with Crippen LogP contribution in [0.4, 0.5) is 0 Å². The molecular weight excluding hydrogens is 280 g/mol. The zero-order valence-corrected chi connectivity index (χ0v) is 11.3. The monoisotopic (exact) mass is 296 g/mol. The third-order valence-corrected chi connectivity index (χ3v) is 4.77. The Hall–Kier alpha value is -0.610. The van der Waals surface area contributed by atoms with Gasteiger partial charge in [0.05, 0.1) is 6.20 Å². The number of nitrogens with two attached hydrogens (primary N) is 1. The predicted octanol–water partition coefficient (Wildman–Crippen LogP) is 2.88. The van der Waals surface area contributed by atoms with E-state index >= 15 is 0 Å². The van der Waals surface area contributed by atoms with E-state index in [2.05, 4.69) is 20.9 Å². The molecule has 2 fully saturated rings. The maximum atomic E-state index is 6.19. The van der Waals surface area contributed by atoms with Crippen molar-refractivity contribution in [2.24, 2.45) is 11.1 Å². The highest BCUT2D eigenvalue weighted by atomic mass is 79.9. The number of hydrogen-bond donors (Lipinski definition) is 1. The zero-order chi connectivity index (χ0) is 11.9. The SMILES string of the molecule is NC1CC(Oc2cncc(Br)c2)C12CCCC2. The molecule has 2 N–H and O–H groups in total. The van der Waals surface area contributed by atoms with Crippen LogP contribution in [0.2, 0.25) is 0 Å². The highest BCUT2D eigenvalue weighted by Crippen LogP contribution is 2.53. The second-order valence-corrected chi connectivity index (χ2v) is 6.14. The van der Waals surface area contributed by atoms with Crippen molar-refractivity contribution in [1.29, 1.82) is 0 Å². The van der Waals surface area contributed by atoms with Gasteiger partial charge in [0.25, 0.3) is 0 Å². The lowest BCUT2D eigenvalue weighted by Crippen LogP contribution is -2.62. The van der Waals surface area contributed by atoms with E-state index in [0.29, 0.717) is 6.04 Å². The summed E-state index contributed by atoms with van der Waals surface area (Å²) >= 11 is 3.41. The molecule has 3 nitrogen and oxygen atoms in total. The van der Waals surface area contributed by atoms with Gasteiger partial charge in [-0.05, 0) is 34.8 Å². The molecule has 1 spiro atoms. The molecule has 2 aliphatic rings. The molecule has 2 aliphatic carbocycles. The first-order chi connectivity index (χ1) is 8.21. The van der Waals surface area contributed by atoms with Crippen LogP contribution >= 0.6 is 15.9 Å². The van der Waals surface area contributed by atoms with Crippen molar-refractivity contribution in [3.05, 3.63) is 22.9 Å². The molecule has 0 aromatic carbocycles. The van der Waals surface area contributed by atoms with Gasteiger partial charge in [-0.25, -0.2) is 0 Å². The third-order valence-electron chi connectivity index (χ3n) is 4.34. The fourth-order valence-corrected chi connectivity index (χ4v) is 3.63. The average Bonchev–Trinajstić information content (AvgIpc) is 2.80. The van der Waals surface area contributed by atoms with Crippen molar-refractivity contribution in [3.8, 4) is 5.75 Å². The maximum absolute atomic E-state index is 6.19. The highest BCUT2D eigenvalue weighted by Gasteiger charge is 2.56. The standard InChI is InChI=1S/C13H17BrN2O/c14-9-5-10(8-16-7-9)17-12-6-11(15)13(12)3-1-2-4-13/h5,7-8,11-12H,1-4,6,15H2. The highest BCUT2D eigenvalue weighted by molar-refractivity contribution is 9.10. The maximum Gasteiger partial charge on any atom is 0.139 e. The summed E-state index contributed by atoms with van der Waals surface area (Å²) in [4.78, 5) is 4.13. The lowest BCUT2D eigenvalue weighted by molar-refractivity contribution is -0.0621. The minimum Gasteiger partial charge on any atom is -0.488 e. The Balaban J connectivity index is 1.74.